The summed E-state index contributed by atoms with van der Waals surface area (Å²) in [5, 5.41) is 0. The highest BCUT2D eigenvalue weighted by Gasteiger charge is 2.18. The molecule has 1 rings (SSSR count). The lowest BCUT2D eigenvalue weighted by Gasteiger charge is -2.06. The molecule has 0 amide bonds. The second-order valence-electron chi connectivity index (χ2n) is 2.86. The van der Waals surface area contributed by atoms with Crippen molar-refractivity contribution in [1.29, 1.82) is 0 Å². The fourth-order valence-electron chi connectivity index (χ4n) is 0.998. The Morgan fingerprint density at radius 1 is 1.58 bits per heavy atom. The molecule has 1 atom stereocenters. The van der Waals surface area contributed by atoms with Crippen molar-refractivity contribution in [3.63, 3.8) is 0 Å². The minimum absolute atomic E-state index is 0.0422. The predicted octanol–water partition coefficient (Wildman–Crippen LogP) is 0.389. The van der Waals surface area contributed by atoms with Crippen LogP contribution in [-0.4, -0.2) is 34.0 Å². The molecule has 0 aromatic heterocycles. The van der Waals surface area contributed by atoms with Gasteiger partial charge in [0.15, 0.2) is 0 Å². The van der Waals surface area contributed by atoms with Gasteiger partial charge in [-0.1, -0.05) is 0 Å². The molecular formula is C7H14O4S. The largest absolute Gasteiger partial charge is 0.381 e. The fourth-order valence-corrected chi connectivity index (χ4v) is 1.56. The van der Waals surface area contributed by atoms with Crippen molar-refractivity contribution in [2.24, 2.45) is 5.92 Å². The van der Waals surface area contributed by atoms with E-state index >= 15 is 0 Å². The molecule has 4 nitrogen and oxygen atoms in total. The molecule has 0 radical (unpaired) electrons. The molecule has 5 heteroatoms. The highest BCUT2D eigenvalue weighted by Crippen LogP contribution is 2.13. The molecule has 12 heavy (non-hydrogen) atoms. The summed E-state index contributed by atoms with van der Waals surface area (Å²) in [7, 11) is -3.26. The molecule has 0 aromatic rings. The third-order valence-electron chi connectivity index (χ3n) is 1.86. The first kappa shape index (κ1) is 9.95. The van der Waals surface area contributed by atoms with Crippen molar-refractivity contribution in [1.82, 2.24) is 0 Å². The van der Waals surface area contributed by atoms with E-state index in [-0.39, 0.29) is 18.3 Å². The molecule has 1 aliphatic heterocycles. The summed E-state index contributed by atoms with van der Waals surface area (Å²) in [6.07, 6.45) is 0.902. The highest BCUT2D eigenvalue weighted by atomic mass is 32.2. The van der Waals surface area contributed by atoms with Crippen molar-refractivity contribution in [3.8, 4) is 0 Å². The van der Waals surface area contributed by atoms with E-state index in [4.69, 9.17) is 8.92 Å². The third kappa shape index (κ3) is 3.08. The zero-order valence-electron chi connectivity index (χ0n) is 7.15. The van der Waals surface area contributed by atoms with Gasteiger partial charge in [0.05, 0.1) is 19.0 Å². The van der Waals surface area contributed by atoms with Gasteiger partial charge in [0.1, 0.15) is 0 Å². The van der Waals surface area contributed by atoms with E-state index in [0.29, 0.717) is 6.61 Å². The molecule has 1 heterocycles. The second kappa shape index (κ2) is 4.20. The van der Waals surface area contributed by atoms with Crippen LogP contribution in [0.25, 0.3) is 0 Å². The van der Waals surface area contributed by atoms with E-state index in [2.05, 4.69) is 0 Å². The molecule has 0 aromatic carbocycles. The Bertz CT molecular complexity index is 216. The van der Waals surface area contributed by atoms with E-state index in [1.807, 2.05) is 0 Å². The van der Waals surface area contributed by atoms with Gasteiger partial charge in [-0.3, -0.25) is 4.18 Å². The SMILES string of the molecule is CCS(=O)(=O)OCC1CCOC1. The third-order valence-corrected chi connectivity index (χ3v) is 3.06. The Balaban J connectivity index is 2.25. The van der Waals surface area contributed by atoms with Crippen LogP contribution in [0.15, 0.2) is 0 Å². The van der Waals surface area contributed by atoms with Gasteiger partial charge in [0.2, 0.25) is 0 Å². The van der Waals surface area contributed by atoms with Gasteiger partial charge in [-0.05, 0) is 13.3 Å². The maximum Gasteiger partial charge on any atom is 0.267 e. The second-order valence-corrected chi connectivity index (χ2v) is 4.79. The van der Waals surface area contributed by atoms with Crippen LogP contribution in [0, 0.1) is 5.92 Å². The summed E-state index contributed by atoms with van der Waals surface area (Å²) in [5.74, 6) is 0.298. The standard InChI is InChI=1S/C7H14O4S/c1-2-12(8,9)11-6-7-3-4-10-5-7/h7H,2-6H2,1H3. The highest BCUT2D eigenvalue weighted by molar-refractivity contribution is 7.86. The van der Waals surface area contributed by atoms with Crippen molar-refractivity contribution in [2.75, 3.05) is 25.6 Å². The van der Waals surface area contributed by atoms with Crippen LogP contribution in [0.4, 0.5) is 0 Å². The van der Waals surface area contributed by atoms with Crippen LogP contribution < -0.4 is 0 Å². The van der Waals surface area contributed by atoms with Crippen LogP contribution in [-0.2, 0) is 19.0 Å². The Morgan fingerprint density at radius 2 is 2.33 bits per heavy atom. The van der Waals surface area contributed by atoms with Crippen molar-refractivity contribution < 1.29 is 17.3 Å². The van der Waals surface area contributed by atoms with Gasteiger partial charge < -0.3 is 4.74 Å². The van der Waals surface area contributed by atoms with Crippen LogP contribution in [0.3, 0.4) is 0 Å². The maximum absolute atomic E-state index is 10.9. The first-order valence-electron chi connectivity index (χ1n) is 4.09. The van der Waals surface area contributed by atoms with Gasteiger partial charge in [-0.2, -0.15) is 8.42 Å². The molecule has 0 aliphatic carbocycles. The molecule has 1 fully saturated rings. The molecular weight excluding hydrogens is 180 g/mol. The zero-order valence-corrected chi connectivity index (χ0v) is 7.97. The van der Waals surface area contributed by atoms with E-state index in [0.717, 1.165) is 13.0 Å². The van der Waals surface area contributed by atoms with Crippen molar-refractivity contribution in [2.45, 2.75) is 13.3 Å². The normalized spacial score (nSPS) is 24.6. The van der Waals surface area contributed by atoms with Gasteiger partial charge in [0.25, 0.3) is 10.1 Å². The molecule has 0 bridgehead atoms. The summed E-state index contributed by atoms with van der Waals surface area (Å²) < 4.78 is 31.6. The minimum atomic E-state index is -3.26. The Morgan fingerprint density at radius 3 is 2.83 bits per heavy atom. The summed E-state index contributed by atoms with van der Waals surface area (Å²) in [5.41, 5.74) is 0. The van der Waals surface area contributed by atoms with E-state index in [9.17, 15) is 8.42 Å². The zero-order chi connectivity index (χ0) is 9.03. The van der Waals surface area contributed by atoms with Gasteiger partial charge in [-0.15, -0.1) is 0 Å². The molecule has 0 spiro atoms. The molecule has 1 saturated heterocycles. The van der Waals surface area contributed by atoms with E-state index < -0.39 is 10.1 Å². The first-order valence-corrected chi connectivity index (χ1v) is 5.66. The van der Waals surface area contributed by atoms with Crippen LogP contribution in [0.1, 0.15) is 13.3 Å². The van der Waals surface area contributed by atoms with Crippen LogP contribution in [0.5, 0.6) is 0 Å². The lowest BCUT2D eigenvalue weighted by molar-refractivity contribution is 0.169. The van der Waals surface area contributed by atoms with Crippen molar-refractivity contribution in [3.05, 3.63) is 0 Å². The smallest absolute Gasteiger partial charge is 0.267 e. The fraction of sp³-hybridized carbons (Fsp3) is 1.00. The lowest BCUT2D eigenvalue weighted by atomic mass is 10.1. The van der Waals surface area contributed by atoms with Gasteiger partial charge >= 0.3 is 0 Å². The predicted molar refractivity (Wildman–Crippen MR) is 44.3 cm³/mol. The Hall–Kier alpha value is -0.130. The first-order chi connectivity index (χ1) is 5.64. The number of rotatable bonds is 4. The summed E-state index contributed by atoms with van der Waals surface area (Å²) in [4.78, 5) is 0. The topological polar surface area (TPSA) is 52.6 Å². The average Bonchev–Trinajstić information content (AvgIpc) is 2.53. The van der Waals surface area contributed by atoms with Crippen LogP contribution >= 0.6 is 0 Å². The minimum Gasteiger partial charge on any atom is -0.381 e. The average molecular weight is 194 g/mol. The molecule has 1 aliphatic rings. The summed E-state index contributed by atoms with van der Waals surface area (Å²) >= 11 is 0. The number of hydrogen-bond donors (Lipinski definition) is 0. The lowest BCUT2D eigenvalue weighted by Crippen LogP contribution is -2.15. The summed E-state index contributed by atoms with van der Waals surface area (Å²) in [6, 6.07) is 0. The number of ether oxygens (including phenoxy) is 1. The van der Waals surface area contributed by atoms with Gasteiger partial charge in [-0.25, -0.2) is 0 Å². The maximum atomic E-state index is 10.9. The van der Waals surface area contributed by atoms with Crippen LogP contribution in [0.2, 0.25) is 0 Å². The van der Waals surface area contributed by atoms with Crippen molar-refractivity contribution >= 4 is 10.1 Å². The molecule has 72 valence electrons. The van der Waals surface area contributed by atoms with Gasteiger partial charge in [0, 0.05) is 12.5 Å². The quantitative estimate of drug-likeness (QED) is 0.607. The summed E-state index contributed by atoms with van der Waals surface area (Å²) in [6.45, 7) is 3.19. The Labute approximate surface area is 73.0 Å². The van der Waals surface area contributed by atoms with E-state index in [1.165, 1.54) is 0 Å². The number of hydrogen-bond acceptors (Lipinski definition) is 4. The molecule has 0 N–H and O–H groups in total. The van der Waals surface area contributed by atoms with E-state index in [1.54, 1.807) is 6.92 Å². The monoisotopic (exact) mass is 194 g/mol. The molecule has 0 saturated carbocycles. The Kier molecular flexibility index (Phi) is 3.49. The molecule has 1 unspecified atom stereocenters.